The number of amides is 1. The van der Waals surface area contributed by atoms with E-state index in [0.717, 1.165) is 5.56 Å². The summed E-state index contributed by atoms with van der Waals surface area (Å²) in [4.78, 5) is 19.3. The molecule has 1 aromatic carbocycles. The molecule has 0 unspecified atom stereocenters. The SMILES string of the molecule is O=C(NCCc1ccc(S(=O)(=O)Cl)cc1)c1cncnc1. The van der Waals surface area contributed by atoms with E-state index in [9.17, 15) is 13.2 Å². The summed E-state index contributed by atoms with van der Waals surface area (Å²) in [5, 5.41) is 2.73. The molecule has 110 valence electrons. The predicted octanol–water partition coefficient (Wildman–Crippen LogP) is 1.38. The highest BCUT2D eigenvalue weighted by Gasteiger charge is 2.09. The van der Waals surface area contributed by atoms with Crippen LogP contribution in [-0.2, 0) is 15.5 Å². The standard InChI is InChI=1S/C13H12ClN3O3S/c14-21(19,20)12-3-1-10(2-4-12)5-6-17-13(18)11-7-15-9-16-8-11/h1-4,7-9H,5-6H2,(H,17,18). The zero-order valence-electron chi connectivity index (χ0n) is 10.9. The Hall–Kier alpha value is -1.99. The fraction of sp³-hybridized carbons (Fsp3) is 0.154. The van der Waals surface area contributed by atoms with Crippen LogP contribution in [0.5, 0.6) is 0 Å². The largest absolute Gasteiger partial charge is 0.352 e. The number of hydrogen-bond acceptors (Lipinski definition) is 5. The molecule has 0 saturated carbocycles. The van der Waals surface area contributed by atoms with Crippen molar-refractivity contribution in [3.05, 3.63) is 54.1 Å². The Morgan fingerprint density at radius 2 is 1.76 bits per heavy atom. The Bertz CT molecular complexity index is 718. The van der Waals surface area contributed by atoms with Gasteiger partial charge >= 0.3 is 0 Å². The molecule has 2 aromatic rings. The van der Waals surface area contributed by atoms with Gasteiger partial charge < -0.3 is 5.32 Å². The monoisotopic (exact) mass is 325 g/mol. The third-order valence-corrected chi connectivity index (χ3v) is 4.10. The Labute approximate surface area is 126 Å². The fourth-order valence-electron chi connectivity index (χ4n) is 1.66. The molecule has 0 aliphatic rings. The number of rotatable bonds is 5. The number of benzene rings is 1. The van der Waals surface area contributed by atoms with Crippen molar-refractivity contribution in [2.24, 2.45) is 0 Å². The molecule has 1 amide bonds. The van der Waals surface area contributed by atoms with Crippen LogP contribution in [0.2, 0.25) is 0 Å². The first-order valence-electron chi connectivity index (χ1n) is 6.03. The zero-order valence-corrected chi connectivity index (χ0v) is 12.4. The van der Waals surface area contributed by atoms with Crippen LogP contribution in [0.25, 0.3) is 0 Å². The van der Waals surface area contributed by atoms with Crippen LogP contribution in [0.4, 0.5) is 0 Å². The molecule has 2 rings (SSSR count). The summed E-state index contributed by atoms with van der Waals surface area (Å²) in [5.41, 5.74) is 1.28. The third kappa shape index (κ3) is 4.51. The highest BCUT2D eigenvalue weighted by atomic mass is 35.7. The minimum Gasteiger partial charge on any atom is -0.352 e. The normalized spacial score (nSPS) is 11.1. The van der Waals surface area contributed by atoms with Crippen LogP contribution in [0.1, 0.15) is 15.9 Å². The summed E-state index contributed by atoms with van der Waals surface area (Å²) in [6.45, 7) is 0.417. The van der Waals surface area contributed by atoms with E-state index in [4.69, 9.17) is 10.7 Å². The average Bonchev–Trinajstić information content (AvgIpc) is 2.47. The van der Waals surface area contributed by atoms with Gasteiger partial charge in [-0.25, -0.2) is 18.4 Å². The number of nitrogens with one attached hydrogen (secondary N) is 1. The number of carbonyl (C=O) groups excluding carboxylic acids is 1. The predicted molar refractivity (Wildman–Crippen MR) is 77.6 cm³/mol. The Morgan fingerprint density at radius 3 is 2.33 bits per heavy atom. The number of aromatic nitrogens is 2. The second-order valence-electron chi connectivity index (χ2n) is 4.21. The lowest BCUT2D eigenvalue weighted by atomic mass is 10.1. The molecule has 0 atom stereocenters. The first kappa shape index (κ1) is 15.4. The molecule has 1 N–H and O–H groups in total. The Balaban J connectivity index is 1.88. The lowest BCUT2D eigenvalue weighted by Crippen LogP contribution is -2.25. The van der Waals surface area contributed by atoms with Crippen molar-refractivity contribution in [3.8, 4) is 0 Å². The van der Waals surface area contributed by atoms with Crippen molar-refractivity contribution in [2.45, 2.75) is 11.3 Å². The lowest BCUT2D eigenvalue weighted by molar-refractivity contribution is 0.0953. The van der Waals surface area contributed by atoms with Crippen LogP contribution in [-0.4, -0.2) is 30.8 Å². The summed E-state index contributed by atoms with van der Waals surface area (Å²) in [5.74, 6) is -0.254. The molecular formula is C13H12ClN3O3S. The van der Waals surface area contributed by atoms with Gasteiger partial charge in [-0.05, 0) is 24.1 Å². The van der Waals surface area contributed by atoms with Gasteiger partial charge in [0.2, 0.25) is 0 Å². The first-order valence-corrected chi connectivity index (χ1v) is 8.34. The first-order chi connectivity index (χ1) is 9.97. The highest BCUT2D eigenvalue weighted by Crippen LogP contribution is 2.15. The van der Waals surface area contributed by atoms with E-state index in [1.807, 2.05) is 0 Å². The summed E-state index contributed by atoms with van der Waals surface area (Å²) >= 11 is 0. The van der Waals surface area contributed by atoms with Crippen LogP contribution in [0, 0.1) is 0 Å². The topological polar surface area (TPSA) is 89.0 Å². The lowest BCUT2D eigenvalue weighted by Gasteiger charge is -2.05. The van der Waals surface area contributed by atoms with E-state index in [-0.39, 0.29) is 10.8 Å². The maximum absolute atomic E-state index is 11.7. The van der Waals surface area contributed by atoms with Crippen LogP contribution in [0.3, 0.4) is 0 Å². The van der Waals surface area contributed by atoms with Gasteiger partial charge in [-0.2, -0.15) is 0 Å². The van der Waals surface area contributed by atoms with Crippen molar-refractivity contribution in [1.29, 1.82) is 0 Å². The third-order valence-electron chi connectivity index (χ3n) is 2.73. The van der Waals surface area contributed by atoms with Gasteiger partial charge in [-0.3, -0.25) is 4.79 Å². The van der Waals surface area contributed by atoms with E-state index in [1.54, 1.807) is 12.1 Å². The maximum atomic E-state index is 11.7. The fourth-order valence-corrected chi connectivity index (χ4v) is 2.43. The van der Waals surface area contributed by atoms with Gasteiger partial charge in [-0.1, -0.05) is 12.1 Å². The summed E-state index contributed by atoms with van der Waals surface area (Å²) in [6.07, 6.45) is 4.79. The van der Waals surface area contributed by atoms with Crippen molar-refractivity contribution < 1.29 is 13.2 Å². The van der Waals surface area contributed by atoms with Crippen LogP contribution < -0.4 is 5.32 Å². The highest BCUT2D eigenvalue weighted by molar-refractivity contribution is 8.13. The van der Waals surface area contributed by atoms with E-state index >= 15 is 0 Å². The summed E-state index contributed by atoms with van der Waals surface area (Å²) in [7, 11) is 1.53. The van der Waals surface area contributed by atoms with Gasteiger partial charge in [-0.15, -0.1) is 0 Å². The summed E-state index contributed by atoms with van der Waals surface area (Å²) in [6, 6.07) is 6.19. The Kier molecular flexibility index (Phi) is 4.87. The number of nitrogens with zero attached hydrogens (tertiary/aromatic N) is 2. The average molecular weight is 326 g/mol. The quantitative estimate of drug-likeness (QED) is 0.839. The number of halogens is 1. The van der Waals surface area contributed by atoms with E-state index < -0.39 is 9.05 Å². The van der Waals surface area contributed by atoms with Crippen LogP contribution in [0.15, 0.2) is 47.9 Å². The molecule has 21 heavy (non-hydrogen) atoms. The van der Waals surface area contributed by atoms with Crippen molar-refractivity contribution in [1.82, 2.24) is 15.3 Å². The number of carbonyl (C=O) groups is 1. The maximum Gasteiger partial charge on any atom is 0.261 e. The smallest absolute Gasteiger partial charge is 0.261 e. The molecule has 0 aliphatic carbocycles. The van der Waals surface area contributed by atoms with Gasteiger partial charge in [0.1, 0.15) is 6.33 Å². The molecule has 8 heteroatoms. The molecule has 0 fully saturated rings. The van der Waals surface area contributed by atoms with Gasteiger partial charge in [0.25, 0.3) is 15.0 Å². The second-order valence-corrected chi connectivity index (χ2v) is 6.78. The molecule has 6 nitrogen and oxygen atoms in total. The van der Waals surface area contributed by atoms with Crippen molar-refractivity contribution in [2.75, 3.05) is 6.54 Å². The molecular weight excluding hydrogens is 314 g/mol. The van der Waals surface area contributed by atoms with Gasteiger partial charge in [0.15, 0.2) is 0 Å². The van der Waals surface area contributed by atoms with E-state index in [0.29, 0.717) is 18.5 Å². The molecule has 0 radical (unpaired) electrons. The van der Waals surface area contributed by atoms with Crippen molar-refractivity contribution in [3.63, 3.8) is 0 Å². The number of hydrogen-bond donors (Lipinski definition) is 1. The summed E-state index contributed by atoms with van der Waals surface area (Å²) < 4.78 is 22.2. The van der Waals surface area contributed by atoms with Gasteiger partial charge in [0, 0.05) is 29.6 Å². The van der Waals surface area contributed by atoms with E-state index in [2.05, 4.69) is 15.3 Å². The van der Waals surface area contributed by atoms with Crippen LogP contribution >= 0.6 is 10.7 Å². The molecule has 0 aliphatic heterocycles. The minimum absolute atomic E-state index is 0.0541. The second kappa shape index (κ2) is 6.64. The van der Waals surface area contributed by atoms with E-state index in [1.165, 1.54) is 30.9 Å². The minimum atomic E-state index is -3.70. The molecule has 0 spiro atoms. The molecule has 1 aromatic heterocycles. The Morgan fingerprint density at radius 1 is 1.14 bits per heavy atom. The van der Waals surface area contributed by atoms with Gasteiger partial charge in [0.05, 0.1) is 10.5 Å². The van der Waals surface area contributed by atoms with Crippen molar-refractivity contribution >= 4 is 25.6 Å². The molecule has 0 saturated heterocycles. The molecule has 0 bridgehead atoms. The molecule has 1 heterocycles. The zero-order chi connectivity index (χ0) is 15.3.